The molecule has 23 nitrogen and oxygen atoms in total. The minimum atomic E-state index is -1.43. The van der Waals surface area contributed by atoms with E-state index in [1.165, 1.54) is 0 Å². The quantitative estimate of drug-likeness (QED) is 0.0469. The van der Waals surface area contributed by atoms with Crippen LogP contribution in [-0.2, 0) is 35.4 Å². The predicted octanol–water partition coefficient (Wildman–Crippen LogP) is 11.1. The summed E-state index contributed by atoms with van der Waals surface area (Å²) in [6.07, 6.45) is -8.30. The van der Waals surface area contributed by atoms with Crippen LogP contribution in [0.15, 0.2) is 97.1 Å². The molecule has 0 saturated carbocycles. The van der Waals surface area contributed by atoms with Gasteiger partial charge in [0, 0.05) is 137 Å². The van der Waals surface area contributed by atoms with Crippen molar-refractivity contribution in [1.29, 1.82) is 0 Å². The number of rotatable bonds is 14. The number of carbonyl (C=O) groups excluding carboxylic acids is 6. The van der Waals surface area contributed by atoms with E-state index in [0.717, 1.165) is 27.1 Å². The lowest BCUT2D eigenvalue weighted by Crippen LogP contribution is -2.57. The number of hydrogen-bond acceptors (Lipinski definition) is 16. The first kappa shape index (κ1) is 65.1. The molecule has 0 saturated heterocycles. The molecule has 504 valence electrons. The summed E-state index contributed by atoms with van der Waals surface area (Å²) in [7, 11) is 0. The highest BCUT2D eigenvalue weighted by Gasteiger charge is 2.42. The summed E-state index contributed by atoms with van der Waals surface area (Å²) in [6, 6.07) is 30.6. The molecule has 8 N–H and O–H groups in total. The molecule has 0 fully saturated rings. The number of fused-ring (bicyclic) bond motifs is 3. The Labute approximate surface area is 559 Å². The number of H-pyrrole nitrogens is 1. The third-order valence-corrected chi connectivity index (χ3v) is 18.8. The normalized spacial score (nSPS) is 21.5. The Hall–Kier alpha value is -10.6. The van der Waals surface area contributed by atoms with Gasteiger partial charge < -0.3 is 79.9 Å². The van der Waals surface area contributed by atoms with Gasteiger partial charge in [0.2, 0.25) is 72.8 Å². The molecule has 10 unspecified atom stereocenters. The van der Waals surface area contributed by atoms with E-state index in [4.69, 9.17) is 42.9 Å². The fourth-order valence-electron chi connectivity index (χ4n) is 13.2. The summed E-state index contributed by atoms with van der Waals surface area (Å²) in [6.45, 7) is 17.9. The van der Waals surface area contributed by atoms with Crippen molar-refractivity contribution in [2.75, 3.05) is 0 Å². The highest BCUT2D eigenvalue weighted by Crippen LogP contribution is 2.55. The number of aliphatic hydroxyl groups is 1. The molecule has 13 rings (SSSR count). The van der Waals surface area contributed by atoms with Gasteiger partial charge in [-0.3, -0.25) is 28.8 Å². The number of aliphatic hydroxyl groups excluding tert-OH is 1. The Morgan fingerprint density at radius 3 is 1.04 bits per heavy atom. The summed E-state index contributed by atoms with van der Waals surface area (Å²) in [5, 5.41) is 31.9. The largest absolute Gasteiger partial charge is 0.464 e. The highest BCUT2D eigenvalue weighted by atomic mass is 16.6. The topological polar surface area (TPSA) is 297 Å². The maximum Gasteiger partial charge on any atom is 0.283 e. The van der Waals surface area contributed by atoms with Crippen molar-refractivity contribution < 1.29 is 71.8 Å². The van der Waals surface area contributed by atoms with Crippen LogP contribution in [0.25, 0.3) is 32.9 Å². The summed E-state index contributed by atoms with van der Waals surface area (Å²) in [4.78, 5) is 91.7. The second-order valence-electron chi connectivity index (χ2n) is 25.0. The molecule has 97 heavy (non-hydrogen) atoms. The third-order valence-electron chi connectivity index (χ3n) is 18.8. The summed E-state index contributed by atoms with van der Waals surface area (Å²) >= 11 is 0. The van der Waals surface area contributed by atoms with Crippen molar-refractivity contribution in [3.05, 3.63) is 147 Å². The summed E-state index contributed by atoms with van der Waals surface area (Å²) in [5.74, 6) is -2.85. The Balaban J connectivity index is 1.14. The van der Waals surface area contributed by atoms with Crippen LogP contribution < -0.4 is 69.8 Å². The lowest BCUT2D eigenvalue weighted by molar-refractivity contribution is -0.131. The van der Waals surface area contributed by atoms with Gasteiger partial charge in [0.25, 0.3) is 11.8 Å². The van der Waals surface area contributed by atoms with Gasteiger partial charge in [-0.1, -0.05) is 106 Å². The zero-order valence-electron chi connectivity index (χ0n) is 55.6. The fourth-order valence-corrected chi connectivity index (χ4v) is 13.2. The molecular weight excluding hydrogens is 1240 g/mol. The molecule has 0 spiro atoms. The van der Waals surface area contributed by atoms with E-state index in [1.54, 1.807) is 65.8 Å². The first-order valence-corrected chi connectivity index (χ1v) is 33.3. The average molecular weight is 1320 g/mol. The van der Waals surface area contributed by atoms with Gasteiger partial charge in [-0.05, 0) is 63.5 Å². The van der Waals surface area contributed by atoms with Crippen LogP contribution in [-0.4, -0.2) is 87.9 Å². The molecular formula is C74H78N8O15. The maximum absolute atomic E-state index is 13.9. The lowest BCUT2D eigenvalue weighted by Gasteiger charge is -2.31. The van der Waals surface area contributed by atoms with E-state index in [9.17, 15) is 33.9 Å². The van der Waals surface area contributed by atoms with Crippen LogP contribution in [0.1, 0.15) is 182 Å². The van der Waals surface area contributed by atoms with Crippen LogP contribution in [0.2, 0.25) is 0 Å². The molecule has 23 heteroatoms. The number of hydrogen-bond donors (Lipinski definition) is 8. The fraction of sp³-hybridized carbons (Fsp3) is 0.365. The number of aromatic amines is 1. The number of ether oxygens (including phenoxy) is 8. The molecule has 8 aromatic rings. The third kappa shape index (κ3) is 12.4. The SMILES string of the molecule is CCC(=O)NC1Oc2cc3c4cc2C(C)c2cc5c(cc2OC1NC(=O)CC)OC(NC(=O)CC)C(NC(=O)CC)Oc1cc2c(cc1C5C)C(C)c1cc(c(cc1OC(NC(=O)CC)C(NC(=O)CC)O2)Oc1[nH]c(-c2cccc5cc6cccc(CO)c6cc25)nc1O3)C4C. The van der Waals surface area contributed by atoms with Crippen LogP contribution in [0.5, 0.6) is 57.8 Å². The molecule has 6 amide bonds. The number of benzene rings is 7. The van der Waals surface area contributed by atoms with Gasteiger partial charge in [0.05, 0.1) is 6.61 Å². The van der Waals surface area contributed by atoms with Gasteiger partial charge in [0.1, 0.15) is 51.8 Å². The van der Waals surface area contributed by atoms with E-state index < -0.39 is 96.5 Å². The van der Waals surface area contributed by atoms with Crippen molar-refractivity contribution in [3.8, 4) is 69.1 Å². The molecule has 5 heterocycles. The van der Waals surface area contributed by atoms with E-state index in [1.807, 2.05) is 94.4 Å². The first-order valence-electron chi connectivity index (χ1n) is 33.3. The van der Waals surface area contributed by atoms with Crippen LogP contribution >= 0.6 is 0 Å². The van der Waals surface area contributed by atoms with Crippen molar-refractivity contribution in [1.82, 2.24) is 41.9 Å². The van der Waals surface area contributed by atoms with Crippen LogP contribution in [0.3, 0.4) is 0 Å². The van der Waals surface area contributed by atoms with Gasteiger partial charge in [-0.15, -0.1) is 0 Å². The van der Waals surface area contributed by atoms with Gasteiger partial charge in [-0.2, -0.15) is 4.98 Å². The van der Waals surface area contributed by atoms with Crippen molar-refractivity contribution in [2.24, 2.45) is 0 Å². The molecule has 7 aromatic carbocycles. The average Bonchev–Trinajstić information content (AvgIpc) is 1.62. The molecule has 10 atom stereocenters. The van der Waals surface area contributed by atoms with E-state index >= 15 is 0 Å². The zero-order valence-corrected chi connectivity index (χ0v) is 55.6. The number of aromatic nitrogens is 2. The summed E-state index contributed by atoms with van der Waals surface area (Å²) < 4.78 is 56.8. The van der Waals surface area contributed by atoms with E-state index in [-0.39, 0.29) is 97.1 Å². The lowest BCUT2D eigenvalue weighted by atomic mass is 9.80. The number of nitrogens with zero attached hydrogens (tertiary/aromatic N) is 1. The Kier molecular flexibility index (Phi) is 17.8. The van der Waals surface area contributed by atoms with Crippen molar-refractivity contribution in [2.45, 2.75) is 175 Å². The smallest absolute Gasteiger partial charge is 0.283 e. The first-order chi connectivity index (χ1) is 46.8. The minimum Gasteiger partial charge on any atom is -0.464 e. The van der Waals surface area contributed by atoms with Gasteiger partial charge in [-0.25, -0.2) is 0 Å². The van der Waals surface area contributed by atoms with Crippen LogP contribution in [0.4, 0.5) is 0 Å². The Morgan fingerprint density at radius 1 is 0.392 bits per heavy atom. The molecule has 1 aliphatic carbocycles. The highest BCUT2D eigenvalue weighted by molar-refractivity contribution is 6.05. The maximum atomic E-state index is 13.9. The predicted molar refractivity (Wildman–Crippen MR) is 358 cm³/mol. The molecule has 1 aromatic heterocycles. The van der Waals surface area contributed by atoms with E-state index in [2.05, 4.69) is 43.0 Å². The number of amides is 6. The molecule has 0 radical (unpaired) electrons. The molecule has 8 bridgehead atoms. The van der Waals surface area contributed by atoms with E-state index in [0.29, 0.717) is 61.6 Å². The molecule has 4 aliphatic heterocycles. The van der Waals surface area contributed by atoms with Crippen LogP contribution in [0, 0.1) is 0 Å². The van der Waals surface area contributed by atoms with Gasteiger partial charge in [0.15, 0.2) is 0 Å². The standard InChI is InChI=1S/C74H78N8O15/c1-11-60(84)75-67-68(76-61(85)12-2)91-53-30-55-45-25-43(53)34(7)42-24-44-35(8)46-26-48-37(10)49-27-47(36(45)9)57(95-72(80-65(89)16-6)70(93-55)78-63(87)14-4)32-59(49)97-74-73(81-66(82-74)41-22-18-20-39-23-38-19-17-21-40(33-83)50(38)28-51(39)41)96-58(48)31-56(46)94-71(79-64(88)15-5)69(77-62(86)13-3)92-54(44)29-52(42)90-67/h17-32,34-37,67-72,83H,11-16,33H2,1-10H3,(H,75,84)(H,76,85)(H,77,86)(H,78,87)(H,79,88)(H,80,89)(H,81,82). The Bertz CT molecular complexity index is 4300. The Morgan fingerprint density at radius 2 is 0.701 bits per heavy atom. The number of imidazole rings is 1. The van der Waals surface area contributed by atoms with Crippen molar-refractivity contribution >= 4 is 57.0 Å². The molecule has 5 aliphatic rings. The second kappa shape index (κ2) is 26.6. The van der Waals surface area contributed by atoms with Gasteiger partial charge >= 0.3 is 0 Å². The minimum absolute atomic E-state index is 0.0170. The number of carbonyl (C=O) groups is 6. The summed E-state index contributed by atoms with van der Waals surface area (Å²) in [5.41, 5.74) is 6.25. The monoisotopic (exact) mass is 1320 g/mol. The van der Waals surface area contributed by atoms with Crippen molar-refractivity contribution in [3.63, 3.8) is 0 Å². The number of nitrogens with one attached hydrogen (secondary N) is 7. The second-order valence-corrected chi connectivity index (χ2v) is 25.0. The zero-order chi connectivity index (χ0) is 68.2.